The first-order valence-corrected chi connectivity index (χ1v) is 19.7. The van der Waals surface area contributed by atoms with Crippen LogP contribution in [0, 0.1) is 5.92 Å². The molecule has 3 aliphatic rings. The lowest BCUT2D eigenvalue weighted by molar-refractivity contribution is -0.692. The second-order valence-electron chi connectivity index (χ2n) is 14.3. The maximum absolute atomic E-state index is 13.6. The Morgan fingerprint density at radius 1 is 1.30 bits per heavy atom. The van der Waals surface area contributed by atoms with Gasteiger partial charge >= 0.3 is 22.3 Å². The summed E-state index contributed by atoms with van der Waals surface area (Å²) < 4.78 is 44.0. The molecule has 0 bridgehead atoms. The highest BCUT2D eigenvalue weighted by atomic mass is 32.3. The molecule has 10 N–H and O–H groups in total. The van der Waals surface area contributed by atoms with E-state index in [0.717, 1.165) is 41.1 Å². The molecule has 2 saturated heterocycles. The van der Waals surface area contributed by atoms with Crippen molar-refractivity contribution in [1.82, 2.24) is 25.7 Å². The van der Waals surface area contributed by atoms with Crippen molar-refractivity contribution in [3.05, 3.63) is 47.2 Å². The van der Waals surface area contributed by atoms with Crippen molar-refractivity contribution >= 4 is 56.3 Å². The third-order valence-electron chi connectivity index (χ3n) is 9.79. The number of hydrogen-bond donors (Lipinski definition) is 8. The summed E-state index contributed by atoms with van der Waals surface area (Å²) in [5.41, 5.74) is 9.66. The lowest BCUT2D eigenvalue weighted by Crippen LogP contribution is -2.76. The van der Waals surface area contributed by atoms with E-state index in [2.05, 4.69) is 35.4 Å². The smallest absolute Gasteiger partial charge is 0.418 e. The van der Waals surface area contributed by atoms with Gasteiger partial charge in [-0.05, 0) is 56.9 Å². The van der Waals surface area contributed by atoms with Gasteiger partial charge in [-0.15, -0.1) is 15.6 Å². The Hall–Kier alpha value is -5.04. The van der Waals surface area contributed by atoms with Gasteiger partial charge in [-0.3, -0.25) is 19.5 Å². The van der Waals surface area contributed by atoms with E-state index < -0.39 is 63.3 Å². The molecule has 21 nitrogen and oxygen atoms in total. The van der Waals surface area contributed by atoms with Crippen molar-refractivity contribution in [2.75, 3.05) is 37.2 Å². The van der Waals surface area contributed by atoms with Crippen LogP contribution in [-0.4, -0.2) is 117 Å². The number of oxime groups is 1. The van der Waals surface area contributed by atoms with E-state index in [-0.39, 0.29) is 30.3 Å². The quantitative estimate of drug-likeness (QED) is 0.0277. The van der Waals surface area contributed by atoms with Crippen LogP contribution in [0.3, 0.4) is 0 Å². The summed E-state index contributed by atoms with van der Waals surface area (Å²) in [6, 6.07) is 4.16. The largest absolute Gasteiger partial charge is 0.485 e. The maximum Gasteiger partial charge on any atom is 0.418 e. The van der Waals surface area contributed by atoms with Crippen LogP contribution in [0.1, 0.15) is 38.4 Å². The molecule has 23 heteroatoms. The van der Waals surface area contributed by atoms with E-state index in [4.69, 9.17) is 25.6 Å². The second kappa shape index (κ2) is 15.8. The predicted molar refractivity (Wildman–Crippen MR) is 198 cm³/mol. The lowest BCUT2D eigenvalue weighted by atomic mass is 9.84. The molecule has 2 aromatic heterocycles. The number of carbonyl (C=O) groups is 3. The van der Waals surface area contributed by atoms with Crippen LogP contribution in [0.4, 0.5) is 11.1 Å². The summed E-state index contributed by atoms with van der Waals surface area (Å²) in [5.74, 6) is -2.02. The number of carboxylic acid groups (broad SMARTS) is 1. The number of aliphatic hydroxyl groups is 1. The van der Waals surface area contributed by atoms with E-state index in [1.165, 1.54) is 26.2 Å². The molecule has 5 heterocycles. The zero-order chi connectivity index (χ0) is 40.6. The summed E-state index contributed by atoms with van der Waals surface area (Å²) in [4.78, 5) is 53.4. The molecule has 6 rings (SSSR count). The number of aromatic nitrogens is 3. The Kier molecular flexibility index (Phi) is 11.5. The fraction of sp³-hybridized carbons (Fsp3) is 0.485. The minimum absolute atomic E-state index is 0.0529. The van der Waals surface area contributed by atoms with E-state index >= 15 is 0 Å². The third kappa shape index (κ3) is 8.52. The highest BCUT2D eigenvalue weighted by Crippen LogP contribution is 2.37. The van der Waals surface area contributed by atoms with Gasteiger partial charge in [0.25, 0.3) is 17.4 Å². The van der Waals surface area contributed by atoms with Gasteiger partial charge in [-0.2, -0.15) is 13.5 Å². The number of thiazole rings is 1. The Morgan fingerprint density at radius 3 is 2.66 bits per heavy atom. The molecule has 56 heavy (non-hydrogen) atoms. The molecule has 0 spiro atoms. The number of carboxylic acids is 1. The Labute approximate surface area is 324 Å². The Bertz CT molecular complexity index is 2150. The highest BCUT2D eigenvalue weighted by molar-refractivity contribution is 7.80. The number of nitrogens with one attached hydrogen (secondary N) is 3. The number of benzene rings is 1. The van der Waals surface area contributed by atoms with Gasteiger partial charge in [0.1, 0.15) is 23.7 Å². The molecule has 3 aromatic rings. The second-order valence-corrected chi connectivity index (χ2v) is 16.2. The van der Waals surface area contributed by atoms with E-state index in [1.807, 2.05) is 22.9 Å². The molecular formula is C33H43N10O11S2+. The highest BCUT2D eigenvalue weighted by Gasteiger charge is 2.58. The van der Waals surface area contributed by atoms with E-state index in [9.17, 15) is 33.0 Å². The number of carbonyl (C=O) groups excluding carboxylic acids is 2. The average molecular weight is 820 g/mol. The molecule has 2 amide bonds. The molecule has 2 unspecified atom stereocenters. The predicted octanol–water partition coefficient (Wildman–Crippen LogP) is -1.18. The molecule has 0 radical (unpaired) electrons. The van der Waals surface area contributed by atoms with Gasteiger partial charge in [-0.25, -0.2) is 14.3 Å². The molecule has 4 atom stereocenters. The Morgan fingerprint density at radius 2 is 2.05 bits per heavy atom. The summed E-state index contributed by atoms with van der Waals surface area (Å²) >= 11 is 0.962. The van der Waals surface area contributed by atoms with E-state index in [0.29, 0.717) is 35.6 Å². The number of nitrogens with two attached hydrogens (primary N) is 2. The van der Waals surface area contributed by atoms with Crippen molar-refractivity contribution in [3.63, 3.8) is 0 Å². The van der Waals surface area contributed by atoms with Gasteiger partial charge in [-0.1, -0.05) is 16.2 Å². The average Bonchev–Trinajstić information content (AvgIpc) is 3.57. The number of aryl methyl sites for hydroxylation is 1. The molecule has 3 aliphatic heterocycles. The number of β-lactam (4-membered cyclic amide) rings is 1. The fourth-order valence-electron chi connectivity index (χ4n) is 6.30. The summed E-state index contributed by atoms with van der Waals surface area (Å²) in [6.45, 7) is 6.83. The molecule has 302 valence electrons. The summed E-state index contributed by atoms with van der Waals surface area (Å²) in [6.07, 6.45) is 2.50. The van der Waals surface area contributed by atoms with Gasteiger partial charge in [0, 0.05) is 36.5 Å². The SMILES string of the molecule is CC(O/N=C(\C(=O)N[C@@H]1C(=O)N(OS(=O)(=O)O)C1(C)C)c1csc(N)n1)(C(=O)O)[C@H]1CCc2cc(-c3cnc(NCC(O)CN)[n+](CC4CNC4)c3)ccc2O1. The minimum Gasteiger partial charge on any atom is -0.485 e. The van der Waals surface area contributed by atoms with Crippen LogP contribution in [0.15, 0.2) is 41.1 Å². The zero-order valence-electron chi connectivity index (χ0n) is 30.5. The number of hydroxylamine groups is 2. The lowest BCUT2D eigenvalue weighted by Gasteiger charge is -2.50. The van der Waals surface area contributed by atoms with Crippen molar-refractivity contribution in [3.8, 4) is 16.9 Å². The minimum atomic E-state index is -5.04. The van der Waals surface area contributed by atoms with Crippen molar-refractivity contribution in [2.24, 2.45) is 16.8 Å². The van der Waals surface area contributed by atoms with Crippen molar-refractivity contribution in [2.45, 2.75) is 69.5 Å². The zero-order valence-corrected chi connectivity index (χ0v) is 32.2. The number of ether oxygens (including phenoxy) is 1. The summed E-state index contributed by atoms with van der Waals surface area (Å²) in [5, 5.41) is 35.0. The van der Waals surface area contributed by atoms with Crippen LogP contribution >= 0.6 is 11.3 Å². The molecular weight excluding hydrogens is 777 g/mol. The number of nitrogen functional groups attached to an aromatic ring is 1. The van der Waals surface area contributed by atoms with Gasteiger partial charge in [0.15, 0.2) is 16.9 Å². The van der Waals surface area contributed by atoms with Crippen LogP contribution in [0.5, 0.6) is 5.75 Å². The number of aliphatic hydroxyl groups excluding tert-OH is 1. The van der Waals surface area contributed by atoms with Gasteiger partial charge < -0.3 is 41.9 Å². The topological polar surface area (TPSA) is 307 Å². The first-order chi connectivity index (χ1) is 26.4. The fourth-order valence-corrected chi connectivity index (χ4v) is 7.30. The number of fused-ring (bicyclic) bond motifs is 1. The number of amides is 2. The normalized spacial score (nSPS) is 21.1. The van der Waals surface area contributed by atoms with Crippen LogP contribution in [0.25, 0.3) is 11.1 Å². The Balaban J connectivity index is 1.20. The standard InChI is InChI=1S/C33H42N10O11S2/c1-32(2)26(28(46)43(32)54-56(49,50)51)40-27(45)25(22-16-55-30(35)39-22)41-53-33(3,29(47)48)24-7-5-19-8-18(4-6-23(19)52-24)20-12-37-31(38-13-21(44)9-34)42(15-20)14-17-10-36-11-17/h4,6,8,12,15-17,21,24,26,36,44H,5,7,9-11,13-14,34H2,1-3H3,(H5,35,39,40,45,47,48,49,50,51)/p+1/b41-25-/t21?,24-,26-,33?/m1/s1. The molecule has 1 aromatic carbocycles. The van der Waals surface area contributed by atoms with Gasteiger partial charge in [0.05, 0.1) is 30.9 Å². The van der Waals surface area contributed by atoms with Crippen LogP contribution < -0.4 is 36.7 Å². The number of rotatable bonds is 16. The monoisotopic (exact) mass is 819 g/mol. The number of anilines is 2. The first kappa shape index (κ1) is 40.6. The molecule has 2 fully saturated rings. The summed E-state index contributed by atoms with van der Waals surface area (Å²) in [7, 11) is -5.04. The van der Waals surface area contributed by atoms with Crippen molar-refractivity contribution in [1.29, 1.82) is 0 Å². The number of hydrogen-bond acceptors (Lipinski definition) is 17. The molecule has 0 saturated carbocycles. The maximum atomic E-state index is 13.6. The van der Waals surface area contributed by atoms with Crippen molar-refractivity contribution < 1.29 is 56.0 Å². The van der Waals surface area contributed by atoms with Crippen LogP contribution in [0.2, 0.25) is 0 Å². The van der Waals surface area contributed by atoms with Crippen LogP contribution in [-0.2, 0) is 46.9 Å². The number of aliphatic carboxylic acids is 1. The first-order valence-electron chi connectivity index (χ1n) is 17.4. The van der Waals surface area contributed by atoms with E-state index in [1.54, 1.807) is 12.3 Å². The number of nitrogens with zero attached hydrogens (tertiary/aromatic N) is 5. The van der Waals surface area contributed by atoms with Gasteiger partial charge in [0.2, 0.25) is 0 Å². The molecule has 0 aliphatic carbocycles. The third-order valence-corrected chi connectivity index (χ3v) is 10.8.